The number of nitrogen functional groups attached to an aromatic ring is 1. The molecule has 100 valence electrons. The highest BCUT2D eigenvalue weighted by atomic mass is 35.5. The van der Waals surface area contributed by atoms with Crippen LogP contribution in [0.25, 0.3) is 0 Å². The first-order valence-electron chi connectivity index (χ1n) is 5.50. The Morgan fingerprint density at radius 2 is 2.11 bits per heavy atom. The maximum atomic E-state index is 12.2. The lowest BCUT2D eigenvalue weighted by molar-refractivity contribution is 0.246. The van der Waals surface area contributed by atoms with Crippen LogP contribution in [0.15, 0.2) is 17.0 Å². The van der Waals surface area contributed by atoms with Gasteiger partial charge in [0, 0.05) is 5.69 Å². The fraction of sp³-hybridized carbons (Fsp3) is 0.455. The van der Waals surface area contributed by atoms with Gasteiger partial charge in [-0.05, 0) is 37.5 Å². The van der Waals surface area contributed by atoms with Crippen molar-refractivity contribution >= 4 is 27.3 Å². The Morgan fingerprint density at radius 3 is 2.61 bits per heavy atom. The van der Waals surface area contributed by atoms with Crippen LogP contribution in [0.1, 0.15) is 18.4 Å². The summed E-state index contributed by atoms with van der Waals surface area (Å²) < 4.78 is 26.8. The van der Waals surface area contributed by atoms with Gasteiger partial charge in [0.05, 0.1) is 17.2 Å². The van der Waals surface area contributed by atoms with E-state index in [1.165, 1.54) is 12.1 Å². The average molecular weight is 291 g/mol. The second-order valence-corrected chi connectivity index (χ2v) is 6.74. The van der Waals surface area contributed by atoms with E-state index in [4.69, 9.17) is 22.4 Å². The van der Waals surface area contributed by atoms with E-state index in [0.29, 0.717) is 18.5 Å². The molecule has 0 spiro atoms. The molecule has 0 radical (unpaired) electrons. The van der Waals surface area contributed by atoms with Crippen molar-refractivity contribution in [1.29, 1.82) is 0 Å². The van der Waals surface area contributed by atoms with Gasteiger partial charge in [-0.3, -0.25) is 0 Å². The van der Waals surface area contributed by atoms with Crippen molar-refractivity contribution in [3.63, 3.8) is 0 Å². The lowest BCUT2D eigenvalue weighted by atomic mass is 10.2. The number of hydrogen-bond acceptors (Lipinski definition) is 4. The zero-order valence-corrected chi connectivity index (χ0v) is 11.5. The van der Waals surface area contributed by atoms with Crippen molar-refractivity contribution in [3.8, 4) is 0 Å². The summed E-state index contributed by atoms with van der Waals surface area (Å²) in [6.45, 7) is 1.53. The van der Waals surface area contributed by atoms with Crippen molar-refractivity contribution in [3.05, 3.63) is 22.7 Å². The predicted molar refractivity (Wildman–Crippen MR) is 70.0 cm³/mol. The SMILES string of the molecule is Cc1cc(Cl)c(S(=O)(=O)NC2(CO)CC2)cc1N. The largest absolute Gasteiger partial charge is 0.398 e. The minimum Gasteiger partial charge on any atom is -0.398 e. The van der Waals surface area contributed by atoms with Crippen LogP contribution in [0.4, 0.5) is 5.69 Å². The molecule has 0 unspecified atom stereocenters. The van der Waals surface area contributed by atoms with Crippen LogP contribution in [-0.2, 0) is 10.0 Å². The van der Waals surface area contributed by atoms with Crippen molar-refractivity contribution in [2.45, 2.75) is 30.2 Å². The van der Waals surface area contributed by atoms with Crippen molar-refractivity contribution in [1.82, 2.24) is 4.72 Å². The van der Waals surface area contributed by atoms with Gasteiger partial charge < -0.3 is 10.8 Å². The fourth-order valence-electron chi connectivity index (χ4n) is 1.66. The third-order valence-corrected chi connectivity index (χ3v) is 5.16. The van der Waals surface area contributed by atoms with E-state index in [2.05, 4.69) is 4.72 Å². The smallest absolute Gasteiger partial charge is 0.242 e. The number of nitrogens with one attached hydrogen (secondary N) is 1. The molecule has 0 aromatic heterocycles. The lowest BCUT2D eigenvalue weighted by Gasteiger charge is -2.16. The lowest BCUT2D eigenvalue weighted by Crippen LogP contribution is -2.39. The summed E-state index contributed by atoms with van der Waals surface area (Å²) in [4.78, 5) is -0.0491. The first-order valence-corrected chi connectivity index (χ1v) is 7.36. The van der Waals surface area contributed by atoms with Crippen LogP contribution >= 0.6 is 11.6 Å². The van der Waals surface area contributed by atoms with E-state index >= 15 is 0 Å². The molecular weight excluding hydrogens is 276 g/mol. The maximum Gasteiger partial charge on any atom is 0.242 e. The minimum atomic E-state index is -3.76. The Labute approximate surface area is 111 Å². The first kappa shape index (κ1) is 13.6. The number of benzene rings is 1. The highest BCUT2D eigenvalue weighted by Gasteiger charge is 2.45. The van der Waals surface area contributed by atoms with Crippen molar-refractivity contribution < 1.29 is 13.5 Å². The highest BCUT2D eigenvalue weighted by Crippen LogP contribution is 2.37. The van der Waals surface area contributed by atoms with E-state index in [0.717, 1.165) is 5.56 Å². The zero-order chi connectivity index (χ0) is 13.6. The summed E-state index contributed by atoms with van der Waals surface area (Å²) in [6, 6.07) is 2.86. The quantitative estimate of drug-likeness (QED) is 0.722. The summed E-state index contributed by atoms with van der Waals surface area (Å²) in [6.07, 6.45) is 1.25. The third kappa shape index (κ3) is 2.47. The Morgan fingerprint density at radius 1 is 1.50 bits per heavy atom. The van der Waals surface area contributed by atoms with Crippen LogP contribution in [-0.4, -0.2) is 25.7 Å². The number of nitrogens with two attached hydrogens (primary N) is 1. The molecule has 1 aliphatic carbocycles. The van der Waals surface area contributed by atoms with Crippen LogP contribution < -0.4 is 10.5 Å². The van der Waals surface area contributed by atoms with Gasteiger partial charge in [-0.1, -0.05) is 11.6 Å². The summed E-state index contributed by atoms with van der Waals surface area (Å²) in [7, 11) is -3.76. The van der Waals surface area contributed by atoms with Gasteiger partial charge in [-0.25, -0.2) is 13.1 Å². The van der Waals surface area contributed by atoms with Gasteiger partial charge in [0.1, 0.15) is 4.90 Å². The molecule has 0 amide bonds. The number of aryl methyl sites for hydroxylation is 1. The third-order valence-electron chi connectivity index (χ3n) is 3.12. The second-order valence-electron chi connectivity index (χ2n) is 4.68. The molecule has 0 aliphatic heterocycles. The Kier molecular flexibility index (Phi) is 3.31. The molecule has 7 heteroatoms. The molecule has 1 aliphatic rings. The summed E-state index contributed by atoms with van der Waals surface area (Å²) >= 11 is 5.94. The molecule has 4 N–H and O–H groups in total. The molecule has 5 nitrogen and oxygen atoms in total. The number of hydrogen-bond donors (Lipinski definition) is 3. The van der Waals surface area contributed by atoms with Crippen molar-refractivity contribution in [2.24, 2.45) is 0 Å². The minimum absolute atomic E-state index is 0.0491. The summed E-state index contributed by atoms with van der Waals surface area (Å²) in [5.74, 6) is 0. The van der Waals surface area contributed by atoms with Gasteiger partial charge in [0.25, 0.3) is 0 Å². The van der Waals surface area contributed by atoms with Crippen LogP contribution in [0, 0.1) is 6.92 Å². The van der Waals surface area contributed by atoms with Gasteiger partial charge in [0.2, 0.25) is 10.0 Å². The molecule has 1 aromatic rings. The Balaban J connectivity index is 2.39. The average Bonchev–Trinajstić information content (AvgIpc) is 3.03. The van der Waals surface area contributed by atoms with E-state index in [9.17, 15) is 8.42 Å². The van der Waals surface area contributed by atoms with E-state index < -0.39 is 15.6 Å². The highest BCUT2D eigenvalue weighted by molar-refractivity contribution is 7.89. The topological polar surface area (TPSA) is 92.4 Å². The number of rotatable bonds is 4. The second kappa shape index (κ2) is 4.38. The van der Waals surface area contributed by atoms with E-state index in [-0.39, 0.29) is 16.5 Å². The maximum absolute atomic E-state index is 12.2. The molecule has 0 bridgehead atoms. The van der Waals surface area contributed by atoms with Gasteiger partial charge >= 0.3 is 0 Å². The van der Waals surface area contributed by atoms with Gasteiger partial charge in [-0.2, -0.15) is 0 Å². The van der Waals surface area contributed by atoms with Crippen LogP contribution in [0.2, 0.25) is 5.02 Å². The molecule has 1 saturated carbocycles. The van der Waals surface area contributed by atoms with E-state index in [1.54, 1.807) is 6.92 Å². The summed E-state index contributed by atoms with van der Waals surface area (Å²) in [5.41, 5.74) is 6.07. The number of aliphatic hydroxyl groups excluding tert-OH is 1. The number of aliphatic hydroxyl groups is 1. The molecule has 0 heterocycles. The predicted octanol–water partition coefficient (Wildman–Crippen LogP) is 1.03. The normalized spacial score (nSPS) is 17.7. The standard InChI is InChI=1S/C11H15ClN2O3S/c1-7-4-8(12)10(5-9(7)13)18(16,17)14-11(6-15)2-3-11/h4-5,14-15H,2-3,6,13H2,1H3. The molecular formula is C11H15ClN2O3S. The molecule has 1 fully saturated rings. The number of anilines is 1. The van der Waals surface area contributed by atoms with Crippen LogP contribution in [0.5, 0.6) is 0 Å². The number of halogens is 1. The molecule has 2 rings (SSSR count). The fourth-order valence-corrected chi connectivity index (χ4v) is 3.73. The molecule has 0 atom stereocenters. The molecule has 1 aromatic carbocycles. The molecule has 0 saturated heterocycles. The van der Waals surface area contributed by atoms with Crippen molar-refractivity contribution in [2.75, 3.05) is 12.3 Å². The summed E-state index contributed by atoms with van der Waals surface area (Å²) in [5, 5.41) is 9.28. The Bertz CT molecular complexity index is 582. The Hall–Kier alpha value is -0.820. The first-order chi connectivity index (χ1) is 8.30. The van der Waals surface area contributed by atoms with Gasteiger partial charge in [-0.15, -0.1) is 0 Å². The molecule has 18 heavy (non-hydrogen) atoms. The van der Waals surface area contributed by atoms with Gasteiger partial charge in [0.15, 0.2) is 0 Å². The number of sulfonamides is 1. The zero-order valence-electron chi connectivity index (χ0n) is 9.90. The monoisotopic (exact) mass is 290 g/mol. The van der Waals surface area contributed by atoms with Crippen LogP contribution in [0.3, 0.4) is 0 Å². The van der Waals surface area contributed by atoms with E-state index in [1.807, 2.05) is 0 Å².